The Morgan fingerprint density at radius 1 is 1.19 bits per heavy atom. The summed E-state index contributed by atoms with van der Waals surface area (Å²) in [5.41, 5.74) is 9.92. The van der Waals surface area contributed by atoms with E-state index in [1.807, 2.05) is 47.2 Å². The summed E-state index contributed by atoms with van der Waals surface area (Å²) in [6, 6.07) is 13.6. The van der Waals surface area contributed by atoms with Crippen LogP contribution >= 0.6 is 22.9 Å². The molecule has 27 heavy (non-hydrogen) atoms. The molecule has 0 radical (unpaired) electrons. The van der Waals surface area contributed by atoms with Crippen LogP contribution in [-0.2, 0) is 6.42 Å². The molecule has 1 aromatic carbocycles. The lowest BCUT2D eigenvalue weighted by molar-refractivity contribution is 0.325. The van der Waals surface area contributed by atoms with Gasteiger partial charge in [0, 0.05) is 18.8 Å². The van der Waals surface area contributed by atoms with Gasteiger partial charge in [0.2, 0.25) is 5.95 Å². The molecule has 3 aromatic heterocycles. The number of pyridine rings is 1. The third kappa shape index (κ3) is 2.78. The van der Waals surface area contributed by atoms with Crippen molar-refractivity contribution in [3.05, 3.63) is 65.4 Å². The Kier molecular flexibility index (Phi) is 3.88. The van der Waals surface area contributed by atoms with Crippen LogP contribution in [0, 0.1) is 0 Å². The van der Waals surface area contributed by atoms with E-state index in [2.05, 4.69) is 16.0 Å². The second-order valence-electron chi connectivity index (χ2n) is 6.22. The van der Waals surface area contributed by atoms with Gasteiger partial charge in [-0.05, 0) is 35.9 Å². The topological polar surface area (TPSA) is 66.0 Å². The number of imidazole rings is 1. The Bertz CT molecular complexity index is 1150. The summed E-state index contributed by atoms with van der Waals surface area (Å²) in [5.74, 6) is 1.23. The molecule has 0 bridgehead atoms. The number of para-hydroxylation sites is 1. The number of halogens is 1. The van der Waals surface area contributed by atoms with Crippen LogP contribution in [0.2, 0.25) is 5.02 Å². The highest BCUT2D eigenvalue weighted by molar-refractivity contribution is 7.19. The van der Waals surface area contributed by atoms with E-state index in [4.69, 9.17) is 22.1 Å². The number of thiophene rings is 1. The van der Waals surface area contributed by atoms with Crippen molar-refractivity contribution in [1.82, 2.24) is 14.5 Å². The van der Waals surface area contributed by atoms with E-state index in [1.165, 1.54) is 5.56 Å². The molecular weight excluding hydrogens is 380 g/mol. The zero-order chi connectivity index (χ0) is 18.4. The minimum absolute atomic E-state index is 0.406. The van der Waals surface area contributed by atoms with Crippen LogP contribution in [0.15, 0.2) is 54.9 Å². The Balaban J connectivity index is 1.61. The molecule has 7 heteroatoms. The first-order valence-electron chi connectivity index (χ1n) is 8.52. The summed E-state index contributed by atoms with van der Waals surface area (Å²) in [5, 5.41) is 0.630. The highest BCUT2D eigenvalue weighted by atomic mass is 35.5. The number of nitrogens with two attached hydrogens (primary N) is 1. The van der Waals surface area contributed by atoms with Crippen LogP contribution in [0.4, 0.5) is 5.95 Å². The lowest BCUT2D eigenvalue weighted by Crippen LogP contribution is -1.99. The number of benzene rings is 1. The van der Waals surface area contributed by atoms with Crippen LogP contribution in [-0.4, -0.2) is 21.1 Å². The van der Waals surface area contributed by atoms with E-state index in [0.29, 0.717) is 17.6 Å². The zero-order valence-corrected chi connectivity index (χ0v) is 15.8. The van der Waals surface area contributed by atoms with Crippen LogP contribution in [0.5, 0.6) is 5.75 Å². The molecular formula is C20H15ClN4OS. The third-order valence-corrected chi connectivity index (χ3v) is 6.05. The summed E-state index contributed by atoms with van der Waals surface area (Å²) in [6.07, 6.45) is 4.56. The van der Waals surface area contributed by atoms with Gasteiger partial charge in [0.15, 0.2) is 0 Å². The molecule has 5 nitrogen and oxygen atoms in total. The van der Waals surface area contributed by atoms with Crippen LogP contribution in [0.25, 0.3) is 26.8 Å². The van der Waals surface area contributed by atoms with Crippen molar-refractivity contribution >= 4 is 28.9 Å². The van der Waals surface area contributed by atoms with Gasteiger partial charge >= 0.3 is 0 Å². The Morgan fingerprint density at radius 3 is 2.96 bits per heavy atom. The number of fused-ring (bicyclic) bond motifs is 3. The van der Waals surface area contributed by atoms with Gasteiger partial charge in [0.25, 0.3) is 0 Å². The molecule has 4 heterocycles. The fraction of sp³-hybridized carbons (Fsp3) is 0.100. The minimum atomic E-state index is 0.406. The van der Waals surface area contributed by atoms with Gasteiger partial charge in [-0.25, -0.2) is 4.98 Å². The Labute approximate surface area is 165 Å². The predicted molar refractivity (Wildman–Crippen MR) is 109 cm³/mol. The standard InChI is InChI=1S/C20H15ClN4OS/c21-13-4-1-2-5-15(13)25-11-14(24-20(25)22)17-10-12-7-9-26-16-6-3-8-23-18(16)19(12)27-17/h1-6,8,10-11H,7,9H2,(H2,22,24). The molecule has 0 saturated carbocycles. The monoisotopic (exact) mass is 394 g/mol. The molecule has 1 aliphatic rings. The van der Waals surface area contributed by atoms with Crippen molar-refractivity contribution in [2.75, 3.05) is 12.3 Å². The molecule has 2 N–H and O–H groups in total. The molecule has 0 saturated heterocycles. The molecule has 0 amide bonds. The first-order valence-corrected chi connectivity index (χ1v) is 9.71. The maximum absolute atomic E-state index is 6.32. The normalized spacial score (nSPS) is 12.8. The number of aromatic nitrogens is 3. The van der Waals surface area contributed by atoms with Gasteiger partial charge in [-0.3, -0.25) is 9.55 Å². The number of nitrogens with zero attached hydrogens (tertiary/aromatic N) is 3. The molecule has 134 valence electrons. The largest absolute Gasteiger partial charge is 0.491 e. The Hall–Kier alpha value is -2.83. The van der Waals surface area contributed by atoms with Crippen molar-refractivity contribution in [1.29, 1.82) is 0 Å². The van der Waals surface area contributed by atoms with E-state index in [0.717, 1.165) is 39.0 Å². The lowest BCUT2D eigenvalue weighted by atomic mass is 10.1. The summed E-state index contributed by atoms with van der Waals surface area (Å²) < 4.78 is 7.64. The molecule has 0 aliphatic carbocycles. The van der Waals surface area contributed by atoms with E-state index >= 15 is 0 Å². The van der Waals surface area contributed by atoms with Gasteiger partial charge in [-0.2, -0.15) is 0 Å². The number of rotatable bonds is 2. The van der Waals surface area contributed by atoms with Crippen LogP contribution < -0.4 is 10.5 Å². The van der Waals surface area contributed by atoms with Gasteiger partial charge in [0.05, 0.1) is 27.1 Å². The fourth-order valence-corrected chi connectivity index (χ4v) is 4.64. The van der Waals surface area contributed by atoms with Crippen molar-refractivity contribution in [2.24, 2.45) is 0 Å². The fourth-order valence-electron chi connectivity index (χ4n) is 3.24. The highest BCUT2D eigenvalue weighted by Crippen LogP contribution is 2.42. The summed E-state index contributed by atoms with van der Waals surface area (Å²) in [6.45, 7) is 0.637. The summed E-state index contributed by atoms with van der Waals surface area (Å²) >= 11 is 7.98. The maximum atomic E-state index is 6.32. The van der Waals surface area contributed by atoms with Crippen molar-refractivity contribution in [2.45, 2.75) is 6.42 Å². The van der Waals surface area contributed by atoms with Crippen molar-refractivity contribution in [3.8, 4) is 32.6 Å². The Morgan fingerprint density at radius 2 is 2.07 bits per heavy atom. The number of ether oxygens (including phenoxy) is 1. The smallest absolute Gasteiger partial charge is 0.205 e. The first-order chi connectivity index (χ1) is 13.2. The molecule has 0 spiro atoms. The van der Waals surface area contributed by atoms with Crippen molar-refractivity contribution in [3.63, 3.8) is 0 Å². The van der Waals surface area contributed by atoms with E-state index < -0.39 is 0 Å². The maximum Gasteiger partial charge on any atom is 0.205 e. The summed E-state index contributed by atoms with van der Waals surface area (Å²) in [7, 11) is 0. The highest BCUT2D eigenvalue weighted by Gasteiger charge is 2.21. The van der Waals surface area contributed by atoms with Crippen molar-refractivity contribution < 1.29 is 4.74 Å². The van der Waals surface area contributed by atoms with Crippen LogP contribution in [0.1, 0.15) is 5.56 Å². The van der Waals surface area contributed by atoms with Crippen LogP contribution in [0.3, 0.4) is 0 Å². The predicted octanol–water partition coefficient (Wildman–Crippen LogP) is 4.83. The lowest BCUT2D eigenvalue weighted by Gasteiger charge is -2.05. The number of hydrogen-bond donors (Lipinski definition) is 1. The molecule has 4 aromatic rings. The zero-order valence-electron chi connectivity index (χ0n) is 14.2. The van der Waals surface area contributed by atoms with E-state index in [-0.39, 0.29) is 0 Å². The minimum Gasteiger partial charge on any atom is -0.491 e. The number of nitrogen functional groups attached to an aromatic ring is 1. The van der Waals surface area contributed by atoms with Gasteiger partial charge in [-0.15, -0.1) is 11.3 Å². The number of anilines is 1. The molecule has 0 atom stereocenters. The van der Waals surface area contributed by atoms with E-state index in [1.54, 1.807) is 17.5 Å². The third-order valence-electron chi connectivity index (χ3n) is 4.52. The molecule has 0 unspecified atom stereocenters. The molecule has 1 aliphatic heterocycles. The summed E-state index contributed by atoms with van der Waals surface area (Å²) in [4.78, 5) is 11.3. The van der Waals surface area contributed by atoms with Gasteiger partial charge < -0.3 is 10.5 Å². The second kappa shape index (κ2) is 6.40. The SMILES string of the molecule is Nc1nc(-c2cc3c(s2)-c2ncccc2OCC3)cn1-c1ccccc1Cl. The average molecular weight is 395 g/mol. The average Bonchev–Trinajstić information content (AvgIpc) is 3.22. The van der Waals surface area contributed by atoms with Gasteiger partial charge in [-0.1, -0.05) is 23.7 Å². The first kappa shape index (κ1) is 16.4. The van der Waals surface area contributed by atoms with E-state index in [9.17, 15) is 0 Å². The quantitative estimate of drug-likeness (QED) is 0.528. The molecule has 5 rings (SSSR count). The second-order valence-corrected chi connectivity index (χ2v) is 7.68. The molecule has 0 fully saturated rings. The van der Waals surface area contributed by atoms with Gasteiger partial charge in [0.1, 0.15) is 17.1 Å². The number of hydrogen-bond acceptors (Lipinski definition) is 5.